The van der Waals surface area contributed by atoms with Gasteiger partial charge in [0.05, 0.1) is 18.9 Å². The molecule has 0 aliphatic carbocycles. The third-order valence-corrected chi connectivity index (χ3v) is 3.35. The van der Waals surface area contributed by atoms with E-state index >= 15 is 0 Å². The van der Waals surface area contributed by atoms with E-state index in [0.717, 1.165) is 0 Å². The van der Waals surface area contributed by atoms with E-state index in [1.54, 1.807) is 0 Å². The number of hydrogen-bond acceptors (Lipinski definition) is 4. The van der Waals surface area contributed by atoms with E-state index in [9.17, 15) is 4.57 Å². The van der Waals surface area contributed by atoms with Crippen LogP contribution >= 0.6 is 7.60 Å². The number of ether oxygens (including phenoxy) is 1. The van der Waals surface area contributed by atoms with E-state index in [2.05, 4.69) is 0 Å². The molecule has 0 radical (unpaired) electrons. The Morgan fingerprint density at radius 2 is 2.10 bits per heavy atom. The summed E-state index contributed by atoms with van der Waals surface area (Å²) in [6.07, 6.45) is 0.464. The van der Waals surface area contributed by atoms with Crippen LogP contribution < -0.4 is 0 Å². The van der Waals surface area contributed by atoms with Crippen LogP contribution in [0.2, 0.25) is 0 Å². The van der Waals surface area contributed by atoms with E-state index in [0.29, 0.717) is 12.8 Å². The van der Waals surface area contributed by atoms with Crippen molar-refractivity contribution in [1.29, 1.82) is 0 Å². The molecule has 0 N–H and O–H groups in total. The Bertz CT molecular complexity index is 146. The standard InChI is InChI=1S/C5H11O4P/c1-7-10(6,8-2)4-5-3-9-5/h5H,3-4H2,1-2H3/t5-/m1/s1. The van der Waals surface area contributed by atoms with Crippen LogP contribution in [0.1, 0.15) is 0 Å². The van der Waals surface area contributed by atoms with Gasteiger partial charge < -0.3 is 13.8 Å². The predicted octanol–water partition coefficient (Wildman–Crippen LogP) is 0.871. The maximum absolute atomic E-state index is 11.3. The van der Waals surface area contributed by atoms with Crippen molar-refractivity contribution in [3.05, 3.63) is 0 Å². The van der Waals surface area contributed by atoms with Gasteiger partial charge in [0.15, 0.2) is 0 Å². The molecule has 1 rings (SSSR count). The van der Waals surface area contributed by atoms with Gasteiger partial charge in [-0.1, -0.05) is 0 Å². The topological polar surface area (TPSA) is 48.1 Å². The lowest BCUT2D eigenvalue weighted by molar-refractivity contribution is 0.271. The highest BCUT2D eigenvalue weighted by molar-refractivity contribution is 7.53. The van der Waals surface area contributed by atoms with Crippen molar-refractivity contribution in [1.82, 2.24) is 0 Å². The van der Waals surface area contributed by atoms with Gasteiger partial charge >= 0.3 is 7.60 Å². The van der Waals surface area contributed by atoms with Gasteiger partial charge in [-0.2, -0.15) is 0 Å². The van der Waals surface area contributed by atoms with Gasteiger partial charge in [-0.15, -0.1) is 0 Å². The van der Waals surface area contributed by atoms with Crippen LogP contribution in [0.15, 0.2) is 0 Å². The SMILES string of the molecule is COP(=O)(C[C@H]1CO1)OC. The zero-order valence-corrected chi connectivity index (χ0v) is 6.97. The molecule has 1 fully saturated rings. The largest absolute Gasteiger partial charge is 0.372 e. The minimum atomic E-state index is -2.80. The summed E-state index contributed by atoms with van der Waals surface area (Å²) in [5.74, 6) is 0. The monoisotopic (exact) mass is 166 g/mol. The maximum atomic E-state index is 11.3. The highest BCUT2D eigenvalue weighted by Crippen LogP contribution is 2.48. The number of rotatable bonds is 4. The fourth-order valence-corrected chi connectivity index (χ4v) is 1.80. The molecule has 4 nitrogen and oxygen atoms in total. The molecule has 1 aliphatic rings. The number of epoxide rings is 1. The van der Waals surface area contributed by atoms with E-state index in [-0.39, 0.29) is 6.10 Å². The first kappa shape index (κ1) is 8.21. The fourth-order valence-electron chi connectivity index (χ4n) is 0.646. The normalized spacial score (nSPS) is 24.8. The van der Waals surface area contributed by atoms with Crippen LogP contribution in [-0.2, 0) is 18.3 Å². The van der Waals surface area contributed by atoms with Gasteiger partial charge in [-0.25, -0.2) is 0 Å². The lowest BCUT2D eigenvalue weighted by Crippen LogP contribution is -2.00. The van der Waals surface area contributed by atoms with Gasteiger partial charge in [-0.3, -0.25) is 4.57 Å². The fraction of sp³-hybridized carbons (Fsp3) is 1.00. The van der Waals surface area contributed by atoms with Crippen LogP contribution in [0.25, 0.3) is 0 Å². The lowest BCUT2D eigenvalue weighted by atomic mass is 10.6. The van der Waals surface area contributed by atoms with Crippen LogP contribution in [0.3, 0.4) is 0 Å². The Labute approximate surface area is 60.0 Å². The van der Waals surface area contributed by atoms with Crippen molar-refractivity contribution in [2.24, 2.45) is 0 Å². The molecule has 0 bridgehead atoms. The molecule has 0 aromatic carbocycles. The summed E-state index contributed by atoms with van der Waals surface area (Å²) in [4.78, 5) is 0. The van der Waals surface area contributed by atoms with Crippen LogP contribution in [0, 0.1) is 0 Å². The molecule has 0 aromatic rings. The molecule has 0 spiro atoms. The highest BCUT2D eigenvalue weighted by atomic mass is 31.2. The summed E-state index contributed by atoms with van der Waals surface area (Å²) >= 11 is 0. The van der Waals surface area contributed by atoms with Crippen molar-refractivity contribution in [3.8, 4) is 0 Å². The molecule has 1 heterocycles. The summed E-state index contributed by atoms with van der Waals surface area (Å²) in [5, 5.41) is 0. The van der Waals surface area contributed by atoms with Gasteiger partial charge in [0.2, 0.25) is 0 Å². The van der Waals surface area contributed by atoms with Crippen LogP contribution in [0.4, 0.5) is 0 Å². The Hall–Kier alpha value is 0.110. The molecule has 60 valence electrons. The van der Waals surface area contributed by atoms with Crippen molar-refractivity contribution < 1.29 is 18.3 Å². The average molecular weight is 166 g/mol. The van der Waals surface area contributed by atoms with Crippen molar-refractivity contribution in [2.75, 3.05) is 27.0 Å². The zero-order valence-electron chi connectivity index (χ0n) is 6.07. The summed E-state index contributed by atoms with van der Waals surface area (Å²) < 4.78 is 25.5. The van der Waals surface area contributed by atoms with Crippen molar-refractivity contribution in [2.45, 2.75) is 6.10 Å². The molecule has 1 atom stereocenters. The first-order valence-electron chi connectivity index (χ1n) is 3.02. The smallest absolute Gasteiger partial charge is 0.332 e. The second-order valence-corrected chi connectivity index (χ2v) is 4.43. The summed E-state index contributed by atoms with van der Waals surface area (Å²) in [5.41, 5.74) is 0. The minimum Gasteiger partial charge on any atom is -0.372 e. The lowest BCUT2D eigenvalue weighted by Gasteiger charge is -2.10. The second kappa shape index (κ2) is 3.01. The molecule has 0 saturated carbocycles. The van der Waals surface area contributed by atoms with E-state index in [1.807, 2.05) is 0 Å². The quantitative estimate of drug-likeness (QED) is 0.459. The van der Waals surface area contributed by atoms with E-state index in [1.165, 1.54) is 14.2 Å². The maximum Gasteiger partial charge on any atom is 0.332 e. The Balaban J connectivity index is 2.37. The molecule has 0 aromatic heterocycles. The zero-order chi connectivity index (χ0) is 7.61. The molecule has 0 amide bonds. The predicted molar refractivity (Wildman–Crippen MR) is 36.2 cm³/mol. The van der Waals surface area contributed by atoms with Crippen LogP contribution in [-0.4, -0.2) is 33.1 Å². The van der Waals surface area contributed by atoms with E-state index < -0.39 is 7.60 Å². The molecule has 1 aliphatic heterocycles. The molecule has 10 heavy (non-hydrogen) atoms. The van der Waals surface area contributed by atoms with Gasteiger partial charge in [0, 0.05) is 14.2 Å². The van der Waals surface area contributed by atoms with Crippen LogP contribution in [0.5, 0.6) is 0 Å². The average Bonchev–Trinajstić information content (AvgIpc) is 2.72. The number of hydrogen-bond donors (Lipinski definition) is 0. The Kier molecular flexibility index (Phi) is 2.47. The highest BCUT2D eigenvalue weighted by Gasteiger charge is 2.34. The second-order valence-electron chi connectivity index (χ2n) is 2.11. The first-order chi connectivity index (χ1) is 4.70. The van der Waals surface area contributed by atoms with Gasteiger partial charge in [-0.05, 0) is 0 Å². The molecule has 1 saturated heterocycles. The van der Waals surface area contributed by atoms with Crippen molar-refractivity contribution in [3.63, 3.8) is 0 Å². The third kappa shape index (κ3) is 2.06. The molecule has 5 heteroatoms. The third-order valence-electron chi connectivity index (χ3n) is 1.39. The first-order valence-corrected chi connectivity index (χ1v) is 4.75. The summed E-state index contributed by atoms with van der Waals surface area (Å²) in [7, 11) is -0.0366. The minimum absolute atomic E-state index is 0.0886. The van der Waals surface area contributed by atoms with Gasteiger partial charge in [0.1, 0.15) is 0 Å². The van der Waals surface area contributed by atoms with Crippen molar-refractivity contribution >= 4 is 7.60 Å². The Morgan fingerprint density at radius 1 is 1.60 bits per heavy atom. The summed E-state index contributed by atoms with van der Waals surface area (Å²) in [6.45, 7) is 0.677. The Morgan fingerprint density at radius 3 is 2.40 bits per heavy atom. The van der Waals surface area contributed by atoms with Gasteiger partial charge in [0.25, 0.3) is 0 Å². The van der Waals surface area contributed by atoms with E-state index in [4.69, 9.17) is 13.8 Å². The molecule has 0 unspecified atom stereocenters. The summed E-state index contributed by atoms with van der Waals surface area (Å²) in [6, 6.07) is 0. The molecular formula is C5H11O4P. The molecular weight excluding hydrogens is 155 g/mol.